The lowest BCUT2D eigenvalue weighted by atomic mass is 9.95. The minimum absolute atomic E-state index is 0.00854. The van der Waals surface area contributed by atoms with Crippen LogP contribution in [0.3, 0.4) is 0 Å². The van der Waals surface area contributed by atoms with Gasteiger partial charge in [-0.2, -0.15) is 5.10 Å². The normalized spacial score (nSPS) is 14.8. The summed E-state index contributed by atoms with van der Waals surface area (Å²) in [6.07, 6.45) is 0.703. The van der Waals surface area contributed by atoms with Crippen LogP contribution in [0.1, 0.15) is 40.3 Å². The van der Waals surface area contributed by atoms with Crippen LogP contribution in [-0.2, 0) is 16.6 Å². The third-order valence-corrected chi connectivity index (χ3v) is 8.68. The van der Waals surface area contributed by atoms with Crippen molar-refractivity contribution in [3.8, 4) is 0 Å². The van der Waals surface area contributed by atoms with Crippen LogP contribution in [-0.4, -0.2) is 34.3 Å². The summed E-state index contributed by atoms with van der Waals surface area (Å²) >= 11 is 0. The number of aryl methyl sites for hydroxylation is 2. The van der Waals surface area contributed by atoms with Crippen molar-refractivity contribution in [2.75, 3.05) is 24.0 Å². The molecule has 1 atom stereocenters. The molecule has 0 saturated carbocycles. The molecule has 0 radical (unpaired) electrons. The molecule has 4 aromatic carbocycles. The molecule has 2 amide bonds. The fourth-order valence-electron chi connectivity index (χ4n) is 5.08. The van der Waals surface area contributed by atoms with E-state index < -0.39 is 16.1 Å². The van der Waals surface area contributed by atoms with Crippen molar-refractivity contribution in [3.63, 3.8) is 0 Å². The molecule has 1 aliphatic heterocycles. The van der Waals surface area contributed by atoms with Gasteiger partial charge in [-0.3, -0.25) is 5.01 Å². The van der Waals surface area contributed by atoms with Crippen molar-refractivity contribution >= 4 is 33.1 Å². The first-order valence-electron chi connectivity index (χ1n) is 13.8. The fourth-order valence-corrected chi connectivity index (χ4v) is 6.00. The summed E-state index contributed by atoms with van der Waals surface area (Å²) < 4.78 is 28.0. The fraction of sp³-hybridized carbons (Fsp3) is 0.212. The molecule has 1 unspecified atom stereocenters. The zero-order valence-corrected chi connectivity index (χ0v) is 25.0. The monoisotopic (exact) mass is 581 g/mol. The molecule has 4 aromatic rings. The van der Waals surface area contributed by atoms with Crippen LogP contribution in [0.15, 0.2) is 107 Å². The summed E-state index contributed by atoms with van der Waals surface area (Å²) in [6.45, 7) is 4.39. The van der Waals surface area contributed by atoms with Gasteiger partial charge < -0.3 is 10.2 Å². The molecule has 0 bridgehead atoms. The number of sulfonamides is 1. The van der Waals surface area contributed by atoms with Gasteiger partial charge in [0.05, 0.1) is 22.3 Å². The Morgan fingerprint density at radius 1 is 0.929 bits per heavy atom. The first-order chi connectivity index (χ1) is 20.1. The Labute approximate surface area is 247 Å². The Kier molecular flexibility index (Phi) is 8.31. The largest absolute Gasteiger partial charge is 0.378 e. The zero-order valence-electron chi connectivity index (χ0n) is 24.2. The van der Waals surface area contributed by atoms with Gasteiger partial charge in [0, 0.05) is 38.3 Å². The van der Waals surface area contributed by atoms with Gasteiger partial charge in [0.2, 0.25) is 0 Å². The number of urea groups is 1. The van der Waals surface area contributed by atoms with Crippen molar-refractivity contribution < 1.29 is 13.2 Å². The van der Waals surface area contributed by atoms with Crippen LogP contribution < -0.4 is 19.9 Å². The molecule has 2 N–H and O–H groups in total. The van der Waals surface area contributed by atoms with Gasteiger partial charge in [0.25, 0.3) is 10.0 Å². The summed E-state index contributed by atoms with van der Waals surface area (Å²) in [5, 5.41) is 9.58. The molecule has 0 aromatic heterocycles. The second-order valence-electron chi connectivity index (χ2n) is 10.7. The lowest BCUT2D eigenvalue weighted by Gasteiger charge is -2.25. The number of hydrogen-bond acceptors (Lipinski definition) is 6. The zero-order chi connectivity index (χ0) is 29.9. The third kappa shape index (κ3) is 6.47. The number of carbonyl (C=O) groups is 1. The Bertz CT molecular complexity index is 1700. The summed E-state index contributed by atoms with van der Waals surface area (Å²) in [4.78, 5) is 14.4. The maximum absolute atomic E-state index is 12.9. The molecule has 8 nitrogen and oxygen atoms in total. The quantitative estimate of drug-likeness (QED) is 0.270. The number of hydrazone groups is 1. The predicted octanol–water partition coefficient (Wildman–Crippen LogP) is 5.91. The van der Waals surface area contributed by atoms with E-state index in [2.05, 4.69) is 71.3 Å². The van der Waals surface area contributed by atoms with Gasteiger partial charge in [-0.05, 0) is 66.9 Å². The van der Waals surface area contributed by atoms with Crippen LogP contribution in [0.25, 0.3) is 0 Å². The summed E-state index contributed by atoms with van der Waals surface area (Å²) in [7, 11) is -0.0482. The van der Waals surface area contributed by atoms with E-state index in [1.54, 1.807) is 12.1 Å². The van der Waals surface area contributed by atoms with Crippen LogP contribution in [0.2, 0.25) is 0 Å². The van der Waals surface area contributed by atoms with E-state index in [0.717, 1.165) is 39.3 Å². The van der Waals surface area contributed by atoms with E-state index in [1.807, 2.05) is 49.4 Å². The summed E-state index contributed by atoms with van der Waals surface area (Å²) in [5.74, 6) is 0. The molecule has 42 heavy (non-hydrogen) atoms. The Morgan fingerprint density at radius 3 is 2.26 bits per heavy atom. The van der Waals surface area contributed by atoms with Crippen LogP contribution in [0.4, 0.5) is 16.2 Å². The maximum atomic E-state index is 12.9. The van der Waals surface area contributed by atoms with Gasteiger partial charge in [0.15, 0.2) is 0 Å². The average Bonchev–Trinajstić information content (AvgIpc) is 3.42. The number of amides is 2. The van der Waals surface area contributed by atoms with Gasteiger partial charge in [0.1, 0.15) is 0 Å². The van der Waals surface area contributed by atoms with Crippen molar-refractivity contribution in [1.82, 2.24) is 10.0 Å². The first kappa shape index (κ1) is 28.9. The highest BCUT2D eigenvalue weighted by Gasteiger charge is 2.31. The first-order valence-corrected chi connectivity index (χ1v) is 15.3. The molecule has 1 heterocycles. The highest BCUT2D eigenvalue weighted by molar-refractivity contribution is 7.90. The number of anilines is 2. The summed E-state index contributed by atoms with van der Waals surface area (Å²) in [6, 6.07) is 29.7. The average molecular weight is 582 g/mol. The summed E-state index contributed by atoms with van der Waals surface area (Å²) in [5.41, 5.74) is 8.27. The van der Waals surface area contributed by atoms with E-state index in [9.17, 15) is 13.2 Å². The molecule has 0 spiro atoms. The van der Waals surface area contributed by atoms with Crippen molar-refractivity contribution in [2.45, 2.75) is 37.8 Å². The van der Waals surface area contributed by atoms with E-state index in [-0.39, 0.29) is 17.5 Å². The molecule has 216 valence electrons. The second-order valence-corrected chi connectivity index (χ2v) is 12.4. The Hall–Kier alpha value is -4.63. The molecular weight excluding hydrogens is 546 g/mol. The van der Waals surface area contributed by atoms with E-state index >= 15 is 0 Å². The SMILES string of the molecule is Cc1ccc(C2=NN(c3ccc(S(=O)(=O)NC(=O)NCc4ccccc4)cc3)C(c3ccc(N(C)C)cc3)C2)c(C)c1. The lowest BCUT2D eigenvalue weighted by Crippen LogP contribution is -2.39. The van der Waals surface area contributed by atoms with Crippen LogP contribution >= 0.6 is 0 Å². The molecule has 0 fully saturated rings. The van der Waals surface area contributed by atoms with Gasteiger partial charge in [-0.25, -0.2) is 17.9 Å². The minimum atomic E-state index is -4.07. The van der Waals surface area contributed by atoms with Crippen molar-refractivity contribution in [2.24, 2.45) is 5.10 Å². The molecular formula is C33H35N5O3S. The number of benzene rings is 4. The topological polar surface area (TPSA) is 94.1 Å². The van der Waals surface area contributed by atoms with Crippen molar-refractivity contribution in [3.05, 3.63) is 125 Å². The van der Waals surface area contributed by atoms with E-state index in [0.29, 0.717) is 6.42 Å². The highest BCUT2D eigenvalue weighted by atomic mass is 32.2. The highest BCUT2D eigenvalue weighted by Crippen LogP contribution is 2.38. The van der Waals surface area contributed by atoms with Crippen LogP contribution in [0, 0.1) is 13.8 Å². The lowest BCUT2D eigenvalue weighted by molar-refractivity contribution is 0.245. The standard InChI is InChI=1S/C33H35N5O3S/c1-23-10-19-30(24(2)20-23)31-21-32(26-11-13-27(14-12-26)37(3)4)38(35-31)28-15-17-29(18-16-28)42(40,41)36-33(39)34-22-25-8-6-5-7-9-25/h5-20,32H,21-22H2,1-4H3,(H2,34,36,39). The van der Waals surface area contributed by atoms with E-state index in [4.69, 9.17) is 5.10 Å². The molecule has 1 aliphatic rings. The number of carbonyl (C=O) groups excluding carboxylic acids is 1. The minimum Gasteiger partial charge on any atom is -0.378 e. The van der Waals surface area contributed by atoms with E-state index in [1.165, 1.54) is 17.7 Å². The number of hydrogen-bond donors (Lipinski definition) is 2. The molecule has 5 rings (SSSR count). The number of nitrogens with one attached hydrogen (secondary N) is 2. The second kappa shape index (κ2) is 12.1. The Balaban J connectivity index is 1.38. The molecule has 9 heteroatoms. The van der Waals surface area contributed by atoms with Gasteiger partial charge in [-0.1, -0.05) is 66.2 Å². The Morgan fingerprint density at radius 2 is 1.62 bits per heavy atom. The number of nitrogens with zero attached hydrogens (tertiary/aromatic N) is 3. The molecule has 0 aliphatic carbocycles. The maximum Gasteiger partial charge on any atom is 0.328 e. The number of rotatable bonds is 8. The predicted molar refractivity (Wildman–Crippen MR) is 169 cm³/mol. The third-order valence-electron chi connectivity index (χ3n) is 7.33. The van der Waals surface area contributed by atoms with Crippen LogP contribution in [0.5, 0.6) is 0 Å². The smallest absolute Gasteiger partial charge is 0.328 e. The van der Waals surface area contributed by atoms with Gasteiger partial charge in [-0.15, -0.1) is 0 Å². The molecule has 0 saturated heterocycles. The van der Waals surface area contributed by atoms with Gasteiger partial charge >= 0.3 is 6.03 Å². The van der Waals surface area contributed by atoms with Crippen molar-refractivity contribution in [1.29, 1.82) is 0 Å².